The van der Waals surface area contributed by atoms with Gasteiger partial charge in [-0.05, 0) is 17.7 Å². The highest BCUT2D eigenvalue weighted by atomic mass is 79.9. The lowest BCUT2D eigenvalue weighted by Gasteiger charge is -2.00. The van der Waals surface area contributed by atoms with E-state index in [0.717, 1.165) is 10.0 Å². The molecule has 0 saturated heterocycles. The quantitative estimate of drug-likeness (QED) is 0.848. The van der Waals surface area contributed by atoms with Crippen LogP contribution in [0, 0.1) is 5.92 Å². The zero-order valence-electron chi connectivity index (χ0n) is 9.84. The number of hydrogen-bond donors (Lipinski definition) is 1. The van der Waals surface area contributed by atoms with Crippen molar-refractivity contribution in [3.05, 3.63) is 34.3 Å². The first-order chi connectivity index (χ1) is 8.38. The summed E-state index contributed by atoms with van der Waals surface area (Å²) in [5.41, 5.74) is 6.64. The predicted molar refractivity (Wildman–Crippen MR) is 80.4 cm³/mol. The van der Waals surface area contributed by atoms with Crippen LogP contribution in [0.5, 0.6) is 0 Å². The van der Waals surface area contributed by atoms with Crippen molar-refractivity contribution in [3.8, 4) is 0 Å². The Labute approximate surface area is 121 Å². The van der Waals surface area contributed by atoms with Crippen LogP contribution in [0.1, 0.15) is 18.4 Å². The molecular formula is C12H14BrNO2S2. The van der Waals surface area contributed by atoms with Crippen LogP contribution in [0.25, 0.3) is 0 Å². The molecule has 1 aromatic rings. The Morgan fingerprint density at radius 3 is 2.39 bits per heavy atom. The van der Waals surface area contributed by atoms with Crippen LogP contribution in [0.3, 0.4) is 0 Å². The molecule has 0 spiro atoms. The Hall–Kier alpha value is -0.460. The maximum Gasteiger partial charge on any atom is 0.154 e. The third-order valence-corrected chi connectivity index (χ3v) is 6.38. The minimum absolute atomic E-state index is 0.0828. The third-order valence-electron chi connectivity index (χ3n) is 3.35. The minimum Gasteiger partial charge on any atom is -0.393 e. The Balaban J connectivity index is 2.33. The molecule has 3 atom stereocenters. The minimum atomic E-state index is -3.11. The summed E-state index contributed by atoms with van der Waals surface area (Å²) in [4.78, 5) is 0.296. The van der Waals surface area contributed by atoms with E-state index in [0.29, 0.717) is 4.99 Å². The van der Waals surface area contributed by atoms with Gasteiger partial charge in [-0.2, -0.15) is 0 Å². The monoisotopic (exact) mass is 347 g/mol. The fourth-order valence-electron chi connectivity index (χ4n) is 2.34. The fourth-order valence-corrected chi connectivity index (χ4v) is 4.82. The first-order valence-electron chi connectivity index (χ1n) is 5.65. The summed E-state index contributed by atoms with van der Waals surface area (Å²) < 4.78 is 25.0. The molecule has 1 aliphatic rings. The molecule has 2 rings (SSSR count). The van der Waals surface area contributed by atoms with Gasteiger partial charge < -0.3 is 5.73 Å². The maximum atomic E-state index is 12.0. The highest BCUT2D eigenvalue weighted by Gasteiger charge is 2.59. The summed E-state index contributed by atoms with van der Waals surface area (Å²) in [7, 11) is -3.11. The molecule has 0 amide bonds. The highest BCUT2D eigenvalue weighted by Crippen LogP contribution is 2.52. The fraction of sp³-hybridized carbons (Fsp3) is 0.417. The Bertz CT molecular complexity index is 568. The molecule has 18 heavy (non-hydrogen) atoms. The van der Waals surface area contributed by atoms with E-state index in [9.17, 15) is 8.42 Å². The highest BCUT2D eigenvalue weighted by molar-refractivity contribution is 9.10. The smallest absolute Gasteiger partial charge is 0.154 e. The second-order valence-electron chi connectivity index (χ2n) is 4.42. The molecule has 0 aromatic heterocycles. The number of thiocarbonyl (C=S) groups is 1. The summed E-state index contributed by atoms with van der Waals surface area (Å²) >= 11 is 8.34. The number of hydrogen-bond acceptors (Lipinski definition) is 3. The van der Waals surface area contributed by atoms with Crippen LogP contribution >= 0.6 is 28.1 Å². The molecule has 6 heteroatoms. The van der Waals surface area contributed by atoms with Gasteiger partial charge in [-0.1, -0.05) is 47.2 Å². The second kappa shape index (κ2) is 4.90. The van der Waals surface area contributed by atoms with E-state index in [2.05, 4.69) is 15.9 Å². The lowest BCUT2D eigenvalue weighted by Crippen LogP contribution is -2.18. The number of halogens is 1. The molecule has 1 aromatic carbocycles. The molecule has 1 saturated carbocycles. The molecule has 1 aliphatic carbocycles. The topological polar surface area (TPSA) is 60.2 Å². The third kappa shape index (κ3) is 2.46. The molecule has 0 aliphatic heterocycles. The molecule has 2 N–H and O–H groups in total. The summed E-state index contributed by atoms with van der Waals surface area (Å²) in [5.74, 6) is -0.171. The molecule has 3 nitrogen and oxygen atoms in total. The van der Waals surface area contributed by atoms with E-state index in [-0.39, 0.29) is 17.6 Å². The number of rotatable bonds is 4. The van der Waals surface area contributed by atoms with Gasteiger partial charge >= 0.3 is 0 Å². The lowest BCUT2D eigenvalue weighted by atomic mass is 10.1. The van der Waals surface area contributed by atoms with Gasteiger partial charge in [0.2, 0.25) is 0 Å². The van der Waals surface area contributed by atoms with Gasteiger partial charge in [-0.3, -0.25) is 0 Å². The van der Waals surface area contributed by atoms with Gasteiger partial charge in [0.05, 0.1) is 10.2 Å². The number of benzene rings is 1. The van der Waals surface area contributed by atoms with Gasteiger partial charge in [0, 0.05) is 22.1 Å². The standard InChI is InChI=1S/C12H14BrNO2S2/c1-2-18(15,16)11-9(10(11)12(14)17)7-3-5-8(13)6-4-7/h3-6,9-11H,2H2,1H3,(H2,14,17)/t9-,10+,11+/m0/s1. The van der Waals surface area contributed by atoms with Crippen LogP contribution in [0.4, 0.5) is 0 Å². The maximum absolute atomic E-state index is 12.0. The summed E-state index contributed by atoms with van der Waals surface area (Å²) in [6.07, 6.45) is 0. The molecule has 0 heterocycles. The Morgan fingerprint density at radius 1 is 1.39 bits per heavy atom. The van der Waals surface area contributed by atoms with Crippen molar-refractivity contribution in [1.29, 1.82) is 0 Å². The van der Waals surface area contributed by atoms with Crippen molar-refractivity contribution < 1.29 is 8.42 Å². The molecular weight excluding hydrogens is 334 g/mol. The summed E-state index contributed by atoms with van der Waals surface area (Å²) in [5, 5.41) is -0.443. The zero-order valence-corrected chi connectivity index (χ0v) is 13.1. The van der Waals surface area contributed by atoms with Gasteiger partial charge in [0.15, 0.2) is 9.84 Å². The number of nitrogens with two attached hydrogens (primary N) is 1. The van der Waals surface area contributed by atoms with Crippen molar-refractivity contribution in [2.75, 3.05) is 5.75 Å². The van der Waals surface area contributed by atoms with E-state index in [1.165, 1.54) is 0 Å². The van der Waals surface area contributed by atoms with E-state index in [1.807, 2.05) is 24.3 Å². The average Bonchev–Trinajstić information content (AvgIpc) is 3.06. The van der Waals surface area contributed by atoms with E-state index in [1.54, 1.807) is 6.92 Å². The Morgan fingerprint density at radius 2 is 1.94 bits per heavy atom. The second-order valence-corrected chi connectivity index (χ2v) is 8.26. The molecule has 0 radical (unpaired) electrons. The average molecular weight is 348 g/mol. The molecule has 1 fully saturated rings. The SMILES string of the molecule is CCS(=O)(=O)[C@H]1[C@H](C(N)=S)[C@@H]1c1ccc(Br)cc1. The lowest BCUT2D eigenvalue weighted by molar-refractivity contribution is 0.594. The first-order valence-corrected chi connectivity index (χ1v) is 8.56. The first kappa shape index (κ1) is 14.0. The van der Waals surface area contributed by atoms with E-state index < -0.39 is 15.1 Å². The van der Waals surface area contributed by atoms with Crippen molar-refractivity contribution in [3.63, 3.8) is 0 Å². The Kier molecular flexibility index (Phi) is 3.80. The van der Waals surface area contributed by atoms with Crippen LogP contribution in [-0.2, 0) is 9.84 Å². The normalized spacial score (nSPS) is 26.9. The molecule has 98 valence electrons. The summed E-state index contributed by atoms with van der Waals surface area (Å²) in [6.45, 7) is 1.66. The zero-order chi connectivity index (χ0) is 13.5. The summed E-state index contributed by atoms with van der Waals surface area (Å²) in [6, 6.07) is 7.65. The van der Waals surface area contributed by atoms with Gasteiger partial charge in [-0.25, -0.2) is 8.42 Å². The number of sulfone groups is 1. The van der Waals surface area contributed by atoms with Crippen molar-refractivity contribution in [2.45, 2.75) is 18.1 Å². The van der Waals surface area contributed by atoms with Crippen molar-refractivity contribution in [2.24, 2.45) is 11.7 Å². The van der Waals surface area contributed by atoms with Crippen molar-refractivity contribution >= 4 is 43.0 Å². The van der Waals surface area contributed by atoms with Crippen LogP contribution < -0.4 is 5.73 Å². The van der Waals surface area contributed by atoms with Gasteiger partial charge in [-0.15, -0.1) is 0 Å². The van der Waals surface area contributed by atoms with E-state index in [4.69, 9.17) is 18.0 Å². The van der Waals surface area contributed by atoms with Crippen LogP contribution in [0.15, 0.2) is 28.7 Å². The molecule has 0 bridgehead atoms. The van der Waals surface area contributed by atoms with Gasteiger partial charge in [0.25, 0.3) is 0 Å². The van der Waals surface area contributed by atoms with Crippen molar-refractivity contribution in [1.82, 2.24) is 0 Å². The largest absolute Gasteiger partial charge is 0.393 e. The predicted octanol–water partition coefficient (Wildman–Crippen LogP) is 2.25. The van der Waals surface area contributed by atoms with Gasteiger partial charge in [0.1, 0.15) is 0 Å². The van der Waals surface area contributed by atoms with E-state index >= 15 is 0 Å². The van der Waals surface area contributed by atoms with Crippen LogP contribution in [0.2, 0.25) is 0 Å². The van der Waals surface area contributed by atoms with Crippen LogP contribution in [-0.4, -0.2) is 24.4 Å². The molecule has 0 unspecified atom stereocenters.